The molecule has 4 aromatic rings. The van der Waals surface area contributed by atoms with Crippen LogP contribution in [0.2, 0.25) is 0 Å². The Hall–Kier alpha value is -3.53. The molecule has 0 N–H and O–H groups in total. The Morgan fingerprint density at radius 3 is 2.58 bits per heavy atom. The van der Waals surface area contributed by atoms with Crippen molar-refractivity contribution in [3.05, 3.63) is 48.4 Å². The second-order valence-corrected chi connectivity index (χ2v) is 7.70. The summed E-state index contributed by atoms with van der Waals surface area (Å²) in [6.07, 6.45) is 0. The fraction of sp³-hybridized carbons (Fsp3) is 0.238. The number of thioether (sulfide) groups is 1. The zero-order chi connectivity index (χ0) is 21.2. The van der Waals surface area contributed by atoms with Crippen LogP contribution in [0.1, 0.15) is 5.89 Å². The normalized spacial score (nSPS) is 12.7. The number of rotatable bonds is 6. The van der Waals surface area contributed by atoms with Crippen LogP contribution in [0, 0.1) is 0 Å². The number of fused-ring (bicyclic) bond motifs is 1. The van der Waals surface area contributed by atoms with Crippen molar-refractivity contribution in [2.24, 2.45) is 7.05 Å². The van der Waals surface area contributed by atoms with Gasteiger partial charge in [-0.1, -0.05) is 16.9 Å². The average molecular weight is 437 g/mol. The lowest BCUT2D eigenvalue weighted by molar-refractivity contribution is 0.171. The van der Waals surface area contributed by atoms with Crippen LogP contribution < -0.4 is 14.2 Å². The van der Waals surface area contributed by atoms with Crippen LogP contribution in [0.3, 0.4) is 0 Å². The summed E-state index contributed by atoms with van der Waals surface area (Å²) >= 11 is 1.48. The van der Waals surface area contributed by atoms with Crippen LogP contribution in [0.15, 0.2) is 52.1 Å². The molecule has 0 saturated carbocycles. The lowest BCUT2D eigenvalue weighted by Crippen LogP contribution is -2.15. The highest BCUT2D eigenvalue weighted by molar-refractivity contribution is 7.98. The van der Waals surface area contributed by atoms with E-state index >= 15 is 0 Å². The van der Waals surface area contributed by atoms with Gasteiger partial charge in [0.2, 0.25) is 11.7 Å². The topological polar surface area (TPSA) is 97.3 Å². The van der Waals surface area contributed by atoms with Gasteiger partial charge in [0.1, 0.15) is 19.0 Å². The Morgan fingerprint density at radius 1 is 1.00 bits per heavy atom. The molecular formula is C21H19N5O4S. The Kier molecular flexibility index (Phi) is 5.21. The van der Waals surface area contributed by atoms with Gasteiger partial charge in [0.15, 0.2) is 22.5 Å². The summed E-state index contributed by atoms with van der Waals surface area (Å²) in [5.41, 5.74) is 1.77. The molecule has 0 atom stereocenters. The molecule has 0 spiro atoms. The summed E-state index contributed by atoms with van der Waals surface area (Å²) in [5.74, 6) is 4.51. The van der Waals surface area contributed by atoms with Crippen LogP contribution in [-0.4, -0.2) is 45.2 Å². The first-order valence-corrected chi connectivity index (χ1v) is 10.6. The van der Waals surface area contributed by atoms with Crippen molar-refractivity contribution in [2.45, 2.75) is 10.9 Å². The number of methoxy groups -OCH3 is 1. The van der Waals surface area contributed by atoms with Crippen molar-refractivity contribution in [1.29, 1.82) is 0 Å². The monoisotopic (exact) mass is 437 g/mol. The molecular weight excluding hydrogens is 418 g/mol. The molecule has 9 nitrogen and oxygen atoms in total. The smallest absolute Gasteiger partial charge is 0.237 e. The van der Waals surface area contributed by atoms with Gasteiger partial charge in [0.25, 0.3) is 0 Å². The zero-order valence-corrected chi connectivity index (χ0v) is 17.8. The van der Waals surface area contributed by atoms with Gasteiger partial charge in [0.05, 0.1) is 12.9 Å². The van der Waals surface area contributed by atoms with Crippen LogP contribution >= 0.6 is 11.8 Å². The predicted octanol–water partition coefficient (Wildman–Crippen LogP) is 3.60. The van der Waals surface area contributed by atoms with Crippen molar-refractivity contribution in [1.82, 2.24) is 24.9 Å². The highest BCUT2D eigenvalue weighted by atomic mass is 32.2. The summed E-state index contributed by atoms with van der Waals surface area (Å²) in [6, 6.07) is 13.3. The van der Waals surface area contributed by atoms with E-state index in [1.54, 1.807) is 7.11 Å². The number of hydrogen-bond acceptors (Lipinski definition) is 9. The molecule has 31 heavy (non-hydrogen) atoms. The molecule has 0 amide bonds. The van der Waals surface area contributed by atoms with Crippen LogP contribution in [0.25, 0.3) is 22.8 Å². The number of nitrogens with zero attached hydrogens (tertiary/aromatic N) is 5. The van der Waals surface area contributed by atoms with Crippen molar-refractivity contribution in [3.63, 3.8) is 0 Å². The third kappa shape index (κ3) is 3.93. The quantitative estimate of drug-likeness (QED) is 0.419. The minimum Gasteiger partial charge on any atom is -0.497 e. The summed E-state index contributed by atoms with van der Waals surface area (Å²) in [5, 5.41) is 13.4. The Morgan fingerprint density at radius 2 is 1.77 bits per heavy atom. The van der Waals surface area contributed by atoms with E-state index in [9.17, 15) is 0 Å². The van der Waals surface area contributed by atoms with Gasteiger partial charge in [-0.15, -0.1) is 10.2 Å². The average Bonchev–Trinajstić information content (AvgIpc) is 3.44. The summed E-state index contributed by atoms with van der Waals surface area (Å²) in [4.78, 5) is 4.47. The maximum Gasteiger partial charge on any atom is 0.237 e. The van der Waals surface area contributed by atoms with Crippen molar-refractivity contribution in [2.75, 3.05) is 20.3 Å². The van der Waals surface area contributed by atoms with Gasteiger partial charge in [-0.25, -0.2) is 0 Å². The third-order valence-corrected chi connectivity index (χ3v) is 5.78. The number of hydrogen-bond donors (Lipinski definition) is 0. The molecule has 5 rings (SSSR count). The molecule has 0 fully saturated rings. The van der Waals surface area contributed by atoms with Crippen molar-refractivity contribution >= 4 is 11.8 Å². The summed E-state index contributed by atoms with van der Waals surface area (Å²) in [7, 11) is 3.55. The summed E-state index contributed by atoms with van der Waals surface area (Å²) in [6.45, 7) is 1.10. The molecule has 0 aliphatic carbocycles. The molecule has 0 unspecified atom stereocenters. The van der Waals surface area contributed by atoms with E-state index < -0.39 is 0 Å². The largest absolute Gasteiger partial charge is 0.497 e. The molecule has 1 aliphatic heterocycles. The Balaban J connectivity index is 1.29. The van der Waals surface area contributed by atoms with Crippen LogP contribution in [0.5, 0.6) is 17.2 Å². The zero-order valence-electron chi connectivity index (χ0n) is 16.9. The highest BCUT2D eigenvalue weighted by Crippen LogP contribution is 2.34. The molecule has 0 bridgehead atoms. The fourth-order valence-corrected chi connectivity index (χ4v) is 3.92. The van der Waals surface area contributed by atoms with E-state index in [0.29, 0.717) is 30.7 Å². The number of aromatic nitrogens is 5. The Bertz CT molecular complexity index is 1200. The number of ether oxygens (including phenoxy) is 3. The minimum absolute atomic E-state index is 0.482. The van der Waals surface area contributed by atoms with E-state index in [1.807, 2.05) is 54.1 Å². The Labute approximate surface area is 182 Å². The maximum atomic E-state index is 5.67. The lowest BCUT2D eigenvalue weighted by atomic mass is 10.2. The van der Waals surface area contributed by atoms with E-state index in [4.69, 9.17) is 18.7 Å². The molecule has 2 aromatic heterocycles. The van der Waals surface area contributed by atoms with Crippen LogP contribution in [-0.2, 0) is 12.8 Å². The van der Waals surface area contributed by atoms with E-state index in [0.717, 1.165) is 39.4 Å². The molecule has 0 saturated heterocycles. The molecule has 10 heteroatoms. The van der Waals surface area contributed by atoms with Crippen molar-refractivity contribution in [3.8, 4) is 40.0 Å². The first-order chi connectivity index (χ1) is 15.2. The van der Waals surface area contributed by atoms with Gasteiger partial charge >= 0.3 is 0 Å². The first-order valence-electron chi connectivity index (χ1n) is 9.60. The second kappa shape index (κ2) is 8.31. The minimum atomic E-state index is 0.482. The standard InChI is InChI=1S/C21H19N5O4S/c1-26-20(14-5-8-16-17(11-14)29-10-9-28-16)23-24-21(26)31-12-18-22-19(25-30-18)13-3-6-15(27-2)7-4-13/h3-8,11H,9-10,12H2,1-2H3. The first kappa shape index (κ1) is 19.4. The fourth-order valence-electron chi connectivity index (χ4n) is 3.17. The number of benzene rings is 2. The van der Waals surface area contributed by atoms with E-state index in [2.05, 4.69) is 20.3 Å². The lowest BCUT2D eigenvalue weighted by Gasteiger charge is -2.18. The van der Waals surface area contributed by atoms with Gasteiger partial charge in [0, 0.05) is 18.2 Å². The molecule has 3 heterocycles. The van der Waals surface area contributed by atoms with Gasteiger partial charge in [-0.3, -0.25) is 0 Å². The molecule has 1 aliphatic rings. The maximum absolute atomic E-state index is 5.67. The molecule has 0 radical (unpaired) electrons. The van der Waals surface area contributed by atoms with Gasteiger partial charge < -0.3 is 23.3 Å². The molecule has 2 aromatic carbocycles. The summed E-state index contributed by atoms with van der Waals surface area (Å²) < 4.78 is 23.7. The van der Waals surface area contributed by atoms with Gasteiger partial charge in [-0.2, -0.15) is 4.98 Å². The second-order valence-electron chi connectivity index (χ2n) is 6.75. The van der Waals surface area contributed by atoms with Crippen molar-refractivity contribution < 1.29 is 18.7 Å². The SMILES string of the molecule is COc1ccc(-c2noc(CSc3nnc(-c4ccc5c(c4)OCCO5)n3C)n2)cc1. The van der Waals surface area contributed by atoms with Gasteiger partial charge in [-0.05, 0) is 42.5 Å². The highest BCUT2D eigenvalue weighted by Gasteiger charge is 2.17. The predicted molar refractivity (Wildman–Crippen MR) is 113 cm³/mol. The van der Waals surface area contributed by atoms with E-state index in [-0.39, 0.29) is 0 Å². The third-order valence-electron chi connectivity index (χ3n) is 4.78. The van der Waals surface area contributed by atoms with E-state index in [1.165, 1.54) is 11.8 Å². The van der Waals surface area contributed by atoms with Crippen LogP contribution in [0.4, 0.5) is 0 Å². The molecule has 158 valence electrons.